The Bertz CT molecular complexity index is 884. The molecule has 24 heavy (non-hydrogen) atoms. The summed E-state index contributed by atoms with van der Waals surface area (Å²) in [5, 5.41) is 9.42. The molecular weight excluding hydrogens is 320 g/mol. The van der Waals surface area contributed by atoms with Gasteiger partial charge in [-0.2, -0.15) is 16.4 Å². The standard InChI is InChI=1S/C18H20N4OS/c1-12-15-5-6-16(19-17(15)21(2)20-12)13-4-3-8-22(10-13)18(23)14-7-9-24-11-14/h5-7,9,11,13H,3-4,8,10H2,1-2H3/t13-/m1/s1. The molecule has 4 rings (SSSR count). The van der Waals surface area contributed by atoms with Gasteiger partial charge < -0.3 is 4.90 Å². The number of pyridine rings is 1. The van der Waals surface area contributed by atoms with Gasteiger partial charge in [-0.25, -0.2) is 4.98 Å². The van der Waals surface area contributed by atoms with Crippen LogP contribution in [0, 0.1) is 6.92 Å². The molecule has 3 aromatic rings. The van der Waals surface area contributed by atoms with Gasteiger partial charge in [0.15, 0.2) is 5.65 Å². The maximum absolute atomic E-state index is 12.6. The minimum atomic E-state index is 0.137. The highest BCUT2D eigenvalue weighted by Gasteiger charge is 2.27. The van der Waals surface area contributed by atoms with Crippen LogP contribution in [0.5, 0.6) is 0 Å². The van der Waals surface area contributed by atoms with Gasteiger partial charge in [0.2, 0.25) is 0 Å². The minimum absolute atomic E-state index is 0.137. The predicted octanol–water partition coefficient (Wildman–Crippen LogP) is 3.36. The molecule has 0 aromatic carbocycles. The zero-order chi connectivity index (χ0) is 16.7. The summed E-state index contributed by atoms with van der Waals surface area (Å²) in [5.74, 6) is 0.430. The lowest BCUT2D eigenvalue weighted by molar-refractivity contribution is 0.0706. The largest absolute Gasteiger partial charge is 0.338 e. The Kier molecular flexibility index (Phi) is 3.84. The van der Waals surface area contributed by atoms with E-state index >= 15 is 0 Å². The number of amides is 1. The van der Waals surface area contributed by atoms with Crippen molar-refractivity contribution < 1.29 is 4.79 Å². The average Bonchev–Trinajstić information content (AvgIpc) is 3.23. The topological polar surface area (TPSA) is 51.0 Å². The first-order chi connectivity index (χ1) is 11.6. The van der Waals surface area contributed by atoms with E-state index in [-0.39, 0.29) is 5.91 Å². The number of aryl methyl sites for hydroxylation is 2. The fourth-order valence-electron chi connectivity index (χ4n) is 3.52. The number of fused-ring (bicyclic) bond motifs is 1. The van der Waals surface area contributed by atoms with Crippen LogP contribution in [0.2, 0.25) is 0 Å². The van der Waals surface area contributed by atoms with Crippen LogP contribution in [0.4, 0.5) is 0 Å². The lowest BCUT2D eigenvalue weighted by atomic mass is 9.93. The highest BCUT2D eigenvalue weighted by molar-refractivity contribution is 7.08. The maximum atomic E-state index is 12.6. The van der Waals surface area contributed by atoms with Gasteiger partial charge in [-0.05, 0) is 43.3 Å². The quantitative estimate of drug-likeness (QED) is 0.719. The molecule has 1 aliphatic rings. The van der Waals surface area contributed by atoms with Crippen LogP contribution in [0.25, 0.3) is 11.0 Å². The molecule has 124 valence electrons. The molecule has 1 aliphatic heterocycles. The molecule has 0 N–H and O–H groups in total. The van der Waals surface area contributed by atoms with Crippen molar-refractivity contribution in [3.05, 3.63) is 45.9 Å². The number of nitrogens with zero attached hydrogens (tertiary/aromatic N) is 4. The average molecular weight is 340 g/mol. The Morgan fingerprint density at radius 2 is 2.21 bits per heavy atom. The summed E-state index contributed by atoms with van der Waals surface area (Å²) in [6.45, 7) is 3.58. The Morgan fingerprint density at radius 1 is 1.33 bits per heavy atom. The number of aromatic nitrogens is 3. The second-order valence-corrected chi connectivity index (χ2v) is 7.20. The number of carbonyl (C=O) groups is 1. The third-order valence-electron chi connectivity index (χ3n) is 4.79. The van der Waals surface area contributed by atoms with E-state index in [0.717, 1.165) is 53.9 Å². The molecule has 4 heterocycles. The smallest absolute Gasteiger partial charge is 0.254 e. The van der Waals surface area contributed by atoms with E-state index in [1.54, 1.807) is 11.3 Å². The summed E-state index contributed by atoms with van der Waals surface area (Å²) in [4.78, 5) is 19.4. The van der Waals surface area contributed by atoms with Crippen LogP contribution in [0.3, 0.4) is 0 Å². The molecule has 0 bridgehead atoms. The molecule has 6 heteroatoms. The van der Waals surface area contributed by atoms with E-state index in [9.17, 15) is 4.79 Å². The molecular formula is C18H20N4OS. The van der Waals surface area contributed by atoms with Gasteiger partial charge in [0, 0.05) is 42.5 Å². The van der Waals surface area contributed by atoms with Gasteiger partial charge in [-0.15, -0.1) is 0 Å². The van der Waals surface area contributed by atoms with Crippen LogP contribution in [0.15, 0.2) is 29.0 Å². The summed E-state index contributed by atoms with van der Waals surface area (Å²) in [5.41, 5.74) is 3.79. The number of piperidine rings is 1. The monoisotopic (exact) mass is 340 g/mol. The lowest BCUT2D eigenvalue weighted by Gasteiger charge is -2.32. The van der Waals surface area contributed by atoms with E-state index in [0.29, 0.717) is 5.92 Å². The molecule has 0 unspecified atom stereocenters. The Hall–Kier alpha value is -2.21. The number of hydrogen-bond acceptors (Lipinski definition) is 4. The number of thiophene rings is 1. The highest BCUT2D eigenvalue weighted by atomic mass is 32.1. The van der Waals surface area contributed by atoms with Crippen molar-refractivity contribution in [2.75, 3.05) is 13.1 Å². The summed E-state index contributed by atoms with van der Waals surface area (Å²) in [6.07, 6.45) is 2.09. The second kappa shape index (κ2) is 6.02. The zero-order valence-electron chi connectivity index (χ0n) is 13.9. The number of carbonyl (C=O) groups excluding carboxylic acids is 1. The van der Waals surface area contributed by atoms with Gasteiger partial charge in [-0.1, -0.05) is 0 Å². The first kappa shape index (κ1) is 15.3. The SMILES string of the molecule is Cc1nn(C)c2nc([C@@H]3CCCN(C(=O)c4ccsc4)C3)ccc12. The van der Waals surface area contributed by atoms with E-state index in [4.69, 9.17) is 4.98 Å². The van der Waals surface area contributed by atoms with E-state index in [1.165, 1.54) is 0 Å². The van der Waals surface area contributed by atoms with Crippen molar-refractivity contribution in [2.45, 2.75) is 25.7 Å². The van der Waals surface area contributed by atoms with E-state index in [1.807, 2.05) is 40.4 Å². The Labute approximate surface area is 144 Å². The number of hydrogen-bond donors (Lipinski definition) is 0. The van der Waals surface area contributed by atoms with Crippen LogP contribution in [0.1, 0.15) is 40.5 Å². The Balaban J connectivity index is 1.60. The first-order valence-corrected chi connectivity index (χ1v) is 9.19. The molecule has 0 aliphatic carbocycles. The van der Waals surface area contributed by atoms with Crippen LogP contribution >= 0.6 is 11.3 Å². The van der Waals surface area contributed by atoms with Crippen LogP contribution in [-0.2, 0) is 7.05 Å². The summed E-state index contributed by atoms with van der Waals surface area (Å²) in [6, 6.07) is 6.11. The summed E-state index contributed by atoms with van der Waals surface area (Å²) < 4.78 is 1.84. The van der Waals surface area contributed by atoms with Crippen molar-refractivity contribution in [3.8, 4) is 0 Å². The van der Waals surface area contributed by atoms with Crippen LogP contribution < -0.4 is 0 Å². The molecule has 0 saturated carbocycles. The molecule has 5 nitrogen and oxygen atoms in total. The maximum Gasteiger partial charge on any atom is 0.254 e. The zero-order valence-corrected chi connectivity index (χ0v) is 14.7. The van der Waals surface area contributed by atoms with Gasteiger partial charge >= 0.3 is 0 Å². The molecule has 0 spiro atoms. The van der Waals surface area contributed by atoms with Crippen molar-refractivity contribution in [1.82, 2.24) is 19.7 Å². The minimum Gasteiger partial charge on any atom is -0.338 e. The highest BCUT2D eigenvalue weighted by Crippen LogP contribution is 2.28. The summed E-state index contributed by atoms with van der Waals surface area (Å²) >= 11 is 1.56. The Morgan fingerprint density at radius 3 is 3.00 bits per heavy atom. The third-order valence-corrected chi connectivity index (χ3v) is 5.47. The van der Waals surface area contributed by atoms with E-state index in [2.05, 4.69) is 17.2 Å². The molecule has 0 radical (unpaired) electrons. The number of rotatable bonds is 2. The van der Waals surface area contributed by atoms with Crippen molar-refractivity contribution in [2.24, 2.45) is 7.05 Å². The van der Waals surface area contributed by atoms with Crippen LogP contribution in [-0.4, -0.2) is 38.7 Å². The van der Waals surface area contributed by atoms with Crippen molar-refractivity contribution in [1.29, 1.82) is 0 Å². The molecule has 3 aromatic heterocycles. The fourth-order valence-corrected chi connectivity index (χ4v) is 4.15. The first-order valence-electron chi connectivity index (χ1n) is 8.25. The third kappa shape index (κ3) is 2.60. The van der Waals surface area contributed by atoms with Gasteiger partial charge in [-0.3, -0.25) is 9.48 Å². The van der Waals surface area contributed by atoms with Gasteiger partial charge in [0.05, 0.1) is 11.3 Å². The molecule has 1 atom stereocenters. The molecule has 1 fully saturated rings. The van der Waals surface area contributed by atoms with Crippen molar-refractivity contribution in [3.63, 3.8) is 0 Å². The van der Waals surface area contributed by atoms with Gasteiger partial charge in [0.1, 0.15) is 0 Å². The lowest BCUT2D eigenvalue weighted by Crippen LogP contribution is -2.39. The van der Waals surface area contributed by atoms with E-state index < -0.39 is 0 Å². The molecule has 1 amide bonds. The normalized spacial score (nSPS) is 18.2. The van der Waals surface area contributed by atoms with Gasteiger partial charge in [0.25, 0.3) is 5.91 Å². The summed E-state index contributed by atoms with van der Waals surface area (Å²) in [7, 11) is 1.93. The predicted molar refractivity (Wildman–Crippen MR) is 95.4 cm³/mol. The van der Waals surface area contributed by atoms with Crippen molar-refractivity contribution >= 4 is 28.3 Å². The fraction of sp³-hybridized carbons (Fsp3) is 0.389. The molecule has 1 saturated heterocycles. The number of likely N-dealkylation sites (tertiary alicyclic amines) is 1. The second-order valence-electron chi connectivity index (χ2n) is 6.42.